The molecule has 0 fully saturated rings. The molecule has 2 rings (SSSR count). The topological polar surface area (TPSA) is 92.7 Å². The van der Waals surface area contributed by atoms with E-state index in [2.05, 4.69) is 5.32 Å². The maximum Gasteiger partial charge on any atom is 0.305 e. The molecule has 6 nitrogen and oxygen atoms in total. The summed E-state index contributed by atoms with van der Waals surface area (Å²) in [7, 11) is 0. The van der Waals surface area contributed by atoms with Gasteiger partial charge in [0, 0.05) is 5.56 Å². The number of carboxylic acids is 1. The Morgan fingerprint density at radius 2 is 1.68 bits per heavy atom. The van der Waals surface area contributed by atoms with Crippen molar-refractivity contribution < 1.29 is 24.2 Å². The zero-order chi connectivity index (χ0) is 18.2. The maximum absolute atomic E-state index is 12.1. The van der Waals surface area contributed by atoms with Crippen LogP contribution in [0, 0.1) is 0 Å². The highest BCUT2D eigenvalue weighted by Gasteiger charge is 2.18. The number of benzene rings is 2. The fourth-order valence-electron chi connectivity index (χ4n) is 2.28. The summed E-state index contributed by atoms with van der Waals surface area (Å²) in [5.41, 5.74) is 1.27. The van der Waals surface area contributed by atoms with E-state index >= 15 is 0 Å². The van der Waals surface area contributed by atoms with Gasteiger partial charge in [0.05, 0.1) is 12.5 Å². The fourth-order valence-corrected chi connectivity index (χ4v) is 2.28. The van der Waals surface area contributed by atoms with Gasteiger partial charge in [0.15, 0.2) is 12.4 Å². The molecule has 2 aromatic rings. The SMILES string of the molecule is CC(=O)c1ccc(OCC(=O)NC(CC(=O)O)c2ccccc2)cc1. The Hall–Kier alpha value is -3.15. The standard InChI is InChI=1S/C19H19NO5/c1-13(21)14-7-9-16(10-8-14)25-12-18(22)20-17(11-19(23)24)15-5-3-2-4-6-15/h2-10,17H,11-12H2,1H3,(H,20,22)(H,23,24). The number of carbonyl (C=O) groups is 3. The van der Waals surface area contributed by atoms with Crippen LogP contribution in [-0.4, -0.2) is 29.4 Å². The minimum Gasteiger partial charge on any atom is -0.484 e. The second kappa shape index (κ2) is 8.63. The molecule has 1 unspecified atom stereocenters. The van der Waals surface area contributed by atoms with Gasteiger partial charge in [-0.05, 0) is 36.8 Å². The molecule has 6 heteroatoms. The highest BCUT2D eigenvalue weighted by Crippen LogP contribution is 2.17. The average Bonchev–Trinajstić information content (AvgIpc) is 2.60. The van der Waals surface area contributed by atoms with Crippen LogP contribution in [0.3, 0.4) is 0 Å². The molecule has 0 aliphatic rings. The number of ether oxygens (including phenoxy) is 1. The normalized spacial score (nSPS) is 11.4. The lowest BCUT2D eigenvalue weighted by molar-refractivity contribution is -0.137. The summed E-state index contributed by atoms with van der Waals surface area (Å²) >= 11 is 0. The first-order valence-electron chi connectivity index (χ1n) is 7.75. The van der Waals surface area contributed by atoms with Crippen molar-refractivity contribution >= 4 is 17.7 Å². The second-order valence-corrected chi connectivity index (χ2v) is 5.50. The lowest BCUT2D eigenvalue weighted by Gasteiger charge is -2.17. The van der Waals surface area contributed by atoms with Gasteiger partial charge in [-0.1, -0.05) is 30.3 Å². The Morgan fingerprint density at radius 3 is 2.24 bits per heavy atom. The van der Waals surface area contributed by atoms with E-state index in [-0.39, 0.29) is 18.8 Å². The van der Waals surface area contributed by atoms with Gasteiger partial charge in [-0.15, -0.1) is 0 Å². The van der Waals surface area contributed by atoms with Crippen LogP contribution in [0.15, 0.2) is 54.6 Å². The number of Topliss-reactive ketones (excluding diaryl/α,β-unsaturated/α-hetero) is 1. The molecule has 0 radical (unpaired) electrons. The predicted octanol–water partition coefficient (Wildman–Crippen LogP) is 2.60. The maximum atomic E-state index is 12.1. The summed E-state index contributed by atoms with van der Waals surface area (Å²) in [6, 6.07) is 14.7. The fraction of sp³-hybridized carbons (Fsp3) is 0.211. The van der Waals surface area contributed by atoms with E-state index in [1.807, 2.05) is 6.07 Å². The molecule has 25 heavy (non-hydrogen) atoms. The Bertz CT molecular complexity index is 740. The van der Waals surface area contributed by atoms with Crippen LogP contribution < -0.4 is 10.1 Å². The smallest absolute Gasteiger partial charge is 0.305 e. The first-order chi connectivity index (χ1) is 12.0. The van der Waals surface area contributed by atoms with Crippen molar-refractivity contribution in [2.75, 3.05) is 6.61 Å². The van der Waals surface area contributed by atoms with Gasteiger partial charge in [-0.25, -0.2) is 0 Å². The molecule has 0 saturated heterocycles. The monoisotopic (exact) mass is 341 g/mol. The molecular weight excluding hydrogens is 322 g/mol. The summed E-state index contributed by atoms with van der Waals surface area (Å²) in [6.07, 6.45) is -0.219. The molecule has 0 bridgehead atoms. The van der Waals surface area contributed by atoms with Crippen molar-refractivity contribution in [3.8, 4) is 5.75 Å². The van der Waals surface area contributed by atoms with E-state index in [1.54, 1.807) is 48.5 Å². The first-order valence-corrected chi connectivity index (χ1v) is 7.75. The first kappa shape index (κ1) is 18.2. The quantitative estimate of drug-likeness (QED) is 0.720. The van der Waals surface area contributed by atoms with Crippen LogP contribution in [-0.2, 0) is 9.59 Å². The zero-order valence-electron chi connectivity index (χ0n) is 13.8. The lowest BCUT2D eigenvalue weighted by atomic mass is 10.0. The summed E-state index contributed by atoms with van der Waals surface area (Å²) in [5.74, 6) is -1.03. The molecule has 1 atom stereocenters. The average molecular weight is 341 g/mol. The van der Waals surface area contributed by atoms with Gasteiger partial charge in [-0.3, -0.25) is 14.4 Å². The number of amides is 1. The van der Waals surface area contributed by atoms with Crippen molar-refractivity contribution in [2.45, 2.75) is 19.4 Å². The van der Waals surface area contributed by atoms with Crippen LogP contribution in [0.25, 0.3) is 0 Å². The molecule has 0 aromatic heterocycles. The minimum atomic E-state index is -1.00. The third-order valence-corrected chi connectivity index (χ3v) is 3.55. The van der Waals surface area contributed by atoms with Crippen LogP contribution in [0.2, 0.25) is 0 Å². The third kappa shape index (κ3) is 5.76. The Labute approximate surface area is 145 Å². The lowest BCUT2D eigenvalue weighted by Crippen LogP contribution is -2.33. The van der Waals surface area contributed by atoms with Crippen molar-refractivity contribution in [3.05, 3.63) is 65.7 Å². The third-order valence-electron chi connectivity index (χ3n) is 3.55. The zero-order valence-corrected chi connectivity index (χ0v) is 13.8. The Morgan fingerprint density at radius 1 is 1.04 bits per heavy atom. The van der Waals surface area contributed by atoms with E-state index < -0.39 is 17.9 Å². The molecule has 2 aromatic carbocycles. The Balaban J connectivity index is 1.94. The number of carbonyl (C=O) groups excluding carboxylic acids is 2. The minimum absolute atomic E-state index is 0.0522. The molecule has 0 heterocycles. The number of ketones is 1. The van der Waals surface area contributed by atoms with Gasteiger partial charge < -0.3 is 15.2 Å². The van der Waals surface area contributed by atoms with Crippen LogP contribution in [0.5, 0.6) is 5.75 Å². The van der Waals surface area contributed by atoms with Crippen molar-refractivity contribution in [1.82, 2.24) is 5.32 Å². The molecule has 0 saturated carbocycles. The van der Waals surface area contributed by atoms with Crippen LogP contribution in [0.1, 0.15) is 35.3 Å². The summed E-state index contributed by atoms with van der Waals surface area (Å²) in [5, 5.41) is 11.7. The number of hydrogen-bond acceptors (Lipinski definition) is 4. The summed E-state index contributed by atoms with van der Waals surface area (Å²) < 4.78 is 5.37. The van der Waals surface area contributed by atoms with E-state index in [9.17, 15) is 14.4 Å². The number of hydrogen-bond donors (Lipinski definition) is 2. The highest BCUT2D eigenvalue weighted by molar-refractivity contribution is 5.94. The van der Waals surface area contributed by atoms with E-state index in [0.717, 1.165) is 0 Å². The van der Waals surface area contributed by atoms with Gasteiger partial charge >= 0.3 is 5.97 Å². The second-order valence-electron chi connectivity index (χ2n) is 5.50. The van der Waals surface area contributed by atoms with Gasteiger partial charge in [-0.2, -0.15) is 0 Å². The largest absolute Gasteiger partial charge is 0.484 e. The summed E-state index contributed by atoms with van der Waals surface area (Å²) in [4.78, 5) is 34.3. The predicted molar refractivity (Wildman–Crippen MR) is 91.5 cm³/mol. The molecule has 2 N–H and O–H groups in total. The summed E-state index contributed by atoms with van der Waals surface area (Å²) in [6.45, 7) is 1.22. The van der Waals surface area contributed by atoms with Gasteiger partial charge in [0.25, 0.3) is 5.91 Å². The number of nitrogens with one attached hydrogen (secondary N) is 1. The highest BCUT2D eigenvalue weighted by atomic mass is 16.5. The molecule has 130 valence electrons. The van der Waals surface area contributed by atoms with E-state index in [1.165, 1.54) is 6.92 Å². The molecule has 0 spiro atoms. The number of rotatable bonds is 8. The van der Waals surface area contributed by atoms with Crippen molar-refractivity contribution in [3.63, 3.8) is 0 Å². The van der Waals surface area contributed by atoms with Crippen molar-refractivity contribution in [1.29, 1.82) is 0 Å². The molecule has 1 amide bonds. The number of aliphatic carboxylic acids is 1. The van der Waals surface area contributed by atoms with E-state index in [4.69, 9.17) is 9.84 Å². The van der Waals surface area contributed by atoms with E-state index in [0.29, 0.717) is 16.9 Å². The van der Waals surface area contributed by atoms with Crippen LogP contribution >= 0.6 is 0 Å². The van der Waals surface area contributed by atoms with Crippen molar-refractivity contribution in [2.24, 2.45) is 0 Å². The van der Waals surface area contributed by atoms with Crippen LogP contribution in [0.4, 0.5) is 0 Å². The molecule has 0 aliphatic heterocycles. The van der Waals surface area contributed by atoms with Gasteiger partial charge in [0.2, 0.25) is 0 Å². The molecular formula is C19H19NO5. The van der Waals surface area contributed by atoms with Gasteiger partial charge in [0.1, 0.15) is 5.75 Å². The number of carboxylic acid groups (broad SMARTS) is 1. The molecule has 0 aliphatic carbocycles. The Kier molecular flexibility index (Phi) is 6.28.